The fraction of sp³-hybridized carbons (Fsp3) is 0.375. The molecule has 1 aromatic heterocycles. The van der Waals surface area contributed by atoms with E-state index in [9.17, 15) is 14.0 Å². The second-order valence-corrected chi connectivity index (χ2v) is 8.46. The number of hydrogen-bond acceptors (Lipinski definition) is 5. The van der Waals surface area contributed by atoms with Crippen molar-refractivity contribution in [2.45, 2.75) is 38.6 Å². The van der Waals surface area contributed by atoms with Crippen LogP contribution >= 0.6 is 0 Å². The van der Waals surface area contributed by atoms with Gasteiger partial charge >= 0.3 is 0 Å². The van der Waals surface area contributed by atoms with Gasteiger partial charge in [-0.25, -0.2) is 0 Å². The molecule has 0 bridgehead atoms. The third-order valence-electron chi connectivity index (χ3n) is 5.79. The normalized spacial score (nSPS) is 14.7. The minimum Gasteiger partial charge on any atom is -0.755 e. The average molecular weight is 453 g/mol. The first kappa shape index (κ1) is 22.3. The maximum Gasteiger partial charge on any atom is 0.121 e. The van der Waals surface area contributed by atoms with Gasteiger partial charge in [0.15, 0.2) is 0 Å². The van der Waals surface area contributed by atoms with Gasteiger partial charge in [-0.15, -0.1) is 0 Å². The molecule has 0 spiro atoms. The van der Waals surface area contributed by atoms with Crippen molar-refractivity contribution >= 4 is 27.9 Å². The molecule has 1 unspecified atom stereocenters. The maximum atomic E-state index is 10.9. The zero-order chi connectivity index (χ0) is 22.5. The molecule has 32 heavy (non-hydrogen) atoms. The number of nitriles is 1. The van der Waals surface area contributed by atoms with E-state index in [-0.39, 0.29) is 0 Å². The second-order valence-electron chi connectivity index (χ2n) is 7.78. The van der Waals surface area contributed by atoms with Crippen molar-refractivity contribution in [1.82, 2.24) is 4.57 Å². The van der Waals surface area contributed by atoms with Gasteiger partial charge in [0.05, 0.1) is 23.4 Å². The Balaban J connectivity index is 1.73. The summed E-state index contributed by atoms with van der Waals surface area (Å²) in [4.78, 5) is 0. The topological polar surface area (TPSA) is 99.3 Å². The van der Waals surface area contributed by atoms with Crippen molar-refractivity contribution in [3.05, 3.63) is 48.0 Å². The smallest absolute Gasteiger partial charge is 0.121 e. The fourth-order valence-corrected chi connectivity index (χ4v) is 4.42. The molecule has 3 aromatic rings. The van der Waals surface area contributed by atoms with Gasteiger partial charge in [-0.3, -0.25) is 4.21 Å². The summed E-state index contributed by atoms with van der Waals surface area (Å²) in [5.41, 5.74) is 3.85. The molecule has 1 aliphatic carbocycles. The summed E-state index contributed by atoms with van der Waals surface area (Å²) in [6.07, 6.45) is 4.11. The molecule has 1 aliphatic rings. The van der Waals surface area contributed by atoms with Crippen LogP contribution < -0.4 is 9.46 Å². The van der Waals surface area contributed by atoms with Crippen LogP contribution in [0.4, 0.5) is 5.69 Å². The van der Waals surface area contributed by atoms with Gasteiger partial charge in [-0.1, -0.05) is 12.1 Å². The lowest BCUT2D eigenvalue weighted by molar-refractivity contribution is 0.131. The minimum atomic E-state index is -2.38. The van der Waals surface area contributed by atoms with Gasteiger partial charge in [-0.05, 0) is 56.0 Å². The van der Waals surface area contributed by atoms with Gasteiger partial charge in [0.2, 0.25) is 0 Å². The third kappa shape index (κ3) is 4.65. The molecule has 1 fully saturated rings. The molecule has 0 saturated heterocycles. The van der Waals surface area contributed by atoms with E-state index < -0.39 is 11.3 Å². The number of nitrogens with one attached hydrogen (secondary N) is 1. The molecule has 1 atom stereocenters. The Morgan fingerprint density at radius 1 is 1.22 bits per heavy atom. The van der Waals surface area contributed by atoms with Crippen LogP contribution in [0.15, 0.2) is 42.5 Å². The predicted molar refractivity (Wildman–Crippen MR) is 124 cm³/mol. The number of hydrogen-bond donors (Lipinski definition) is 1. The Hall–Kier alpha value is -2.86. The molecule has 0 radical (unpaired) electrons. The van der Waals surface area contributed by atoms with Gasteiger partial charge in [-0.2, -0.15) is 5.26 Å². The Morgan fingerprint density at radius 2 is 2.00 bits per heavy atom. The largest absolute Gasteiger partial charge is 0.755 e. The summed E-state index contributed by atoms with van der Waals surface area (Å²) in [6, 6.07) is 15.7. The Morgan fingerprint density at radius 3 is 2.62 bits per heavy atom. The fourth-order valence-electron chi connectivity index (χ4n) is 4.09. The first-order valence-corrected chi connectivity index (χ1v) is 11.9. The Kier molecular flexibility index (Phi) is 7.10. The van der Waals surface area contributed by atoms with Crippen molar-refractivity contribution < 1.29 is 18.2 Å². The highest BCUT2D eigenvalue weighted by Gasteiger charge is 2.28. The lowest BCUT2D eigenvalue weighted by atomic mass is 9.92. The predicted octanol–water partition coefficient (Wildman–Crippen LogP) is 4.92. The third-order valence-corrected chi connectivity index (χ3v) is 6.20. The molecular formula is C24H26N3O4S-. The molecule has 7 nitrogen and oxygen atoms in total. The Bertz CT molecular complexity index is 1150. The first-order valence-electron chi connectivity index (χ1n) is 10.9. The van der Waals surface area contributed by atoms with E-state index in [0.29, 0.717) is 37.1 Å². The highest BCUT2D eigenvalue weighted by molar-refractivity contribution is 7.80. The van der Waals surface area contributed by atoms with Crippen LogP contribution in [0.1, 0.15) is 44.2 Å². The molecule has 1 saturated carbocycles. The van der Waals surface area contributed by atoms with Crippen LogP contribution in [0.3, 0.4) is 0 Å². The van der Waals surface area contributed by atoms with Crippen molar-refractivity contribution in [3.63, 3.8) is 0 Å². The monoisotopic (exact) mass is 452 g/mol. The molecule has 0 amide bonds. The number of nitrogens with zero attached hydrogens (tertiary/aromatic N) is 2. The maximum absolute atomic E-state index is 10.9. The van der Waals surface area contributed by atoms with Crippen LogP contribution in [-0.2, 0) is 16.0 Å². The lowest BCUT2D eigenvalue weighted by Gasteiger charge is -2.30. The van der Waals surface area contributed by atoms with E-state index in [2.05, 4.69) is 15.4 Å². The minimum absolute atomic E-state index is 0.328. The zero-order valence-corrected chi connectivity index (χ0v) is 18.8. The van der Waals surface area contributed by atoms with Crippen molar-refractivity contribution in [2.24, 2.45) is 0 Å². The molecular weight excluding hydrogens is 426 g/mol. The number of ether oxygens (including phenoxy) is 2. The van der Waals surface area contributed by atoms with Crippen molar-refractivity contribution in [2.75, 3.05) is 24.5 Å². The first-order chi connectivity index (χ1) is 15.6. The van der Waals surface area contributed by atoms with Crippen molar-refractivity contribution in [3.8, 4) is 23.1 Å². The van der Waals surface area contributed by atoms with Crippen LogP contribution in [0, 0.1) is 11.3 Å². The molecule has 1 heterocycles. The van der Waals surface area contributed by atoms with Gasteiger partial charge < -0.3 is 23.3 Å². The number of rotatable bonds is 10. The molecule has 168 valence electrons. The highest BCUT2D eigenvalue weighted by Crippen LogP contribution is 2.43. The Labute approximate surface area is 190 Å². The molecule has 1 N–H and O–H groups in total. The molecule has 8 heteroatoms. The van der Waals surface area contributed by atoms with Crippen LogP contribution in [0.2, 0.25) is 0 Å². The van der Waals surface area contributed by atoms with E-state index in [1.54, 1.807) is 12.1 Å². The molecule has 2 aromatic carbocycles. The standard InChI is InChI=1S/C24H27N3O4S/c1-2-30-13-4-14-31-20-11-12-21-22(16-25)24(27(23(21)15-20)19-5-3-6-19)17-7-9-18(10-8-17)26-32(28)29/h7-12,15,19,26H,2-6,13-14H2,1H3,(H,28,29)/p-1. The summed E-state index contributed by atoms with van der Waals surface area (Å²) in [7, 11) is 0. The average Bonchev–Trinajstić information content (AvgIpc) is 3.06. The quantitative estimate of drug-likeness (QED) is 0.348. The molecule has 4 rings (SSSR count). The molecule has 0 aliphatic heterocycles. The van der Waals surface area contributed by atoms with E-state index in [1.165, 1.54) is 0 Å². The second kappa shape index (κ2) is 10.2. The van der Waals surface area contributed by atoms with E-state index in [1.807, 2.05) is 37.3 Å². The zero-order valence-electron chi connectivity index (χ0n) is 18.0. The number of fused-ring (bicyclic) bond motifs is 1. The highest BCUT2D eigenvalue weighted by atomic mass is 32.2. The summed E-state index contributed by atoms with van der Waals surface area (Å²) >= 11 is -2.38. The van der Waals surface area contributed by atoms with Crippen LogP contribution in [-0.4, -0.2) is 33.1 Å². The summed E-state index contributed by atoms with van der Waals surface area (Å²) in [6.45, 7) is 3.92. The van der Waals surface area contributed by atoms with E-state index in [4.69, 9.17) is 9.47 Å². The van der Waals surface area contributed by atoms with E-state index in [0.717, 1.165) is 53.6 Å². The van der Waals surface area contributed by atoms with Gasteiger partial charge in [0, 0.05) is 54.1 Å². The van der Waals surface area contributed by atoms with Gasteiger partial charge in [0.1, 0.15) is 11.8 Å². The van der Waals surface area contributed by atoms with Crippen molar-refractivity contribution in [1.29, 1.82) is 5.26 Å². The van der Waals surface area contributed by atoms with Crippen LogP contribution in [0.25, 0.3) is 22.2 Å². The number of benzene rings is 2. The lowest BCUT2D eigenvalue weighted by Crippen LogP contribution is -2.17. The summed E-state index contributed by atoms with van der Waals surface area (Å²) < 4.78 is 37.8. The number of aromatic nitrogens is 1. The van der Waals surface area contributed by atoms with Gasteiger partial charge in [0.25, 0.3) is 0 Å². The summed E-state index contributed by atoms with van der Waals surface area (Å²) in [5.74, 6) is 0.778. The summed E-state index contributed by atoms with van der Waals surface area (Å²) in [5, 5.41) is 10.9. The SMILES string of the molecule is CCOCCCOc1ccc2c(C#N)c(-c3ccc(NS(=O)[O-])cc3)n(C3CCC3)c2c1. The van der Waals surface area contributed by atoms with Crippen LogP contribution in [0.5, 0.6) is 5.75 Å². The van der Waals surface area contributed by atoms with E-state index >= 15 is 0 Å². The number of anilines is 1.